The van der Waals surface area contributed by atoms with E-state index in [-0.39, 0.29) is 16.8 Å². The molecule has 0 aliphatic rings. The van der Waals surface area contributed by atoms with Gasteiger partial charge in [0.05, 0.1) is 5.60 Å². The Morgan fingerprint density at radius 2 is 1.71 bits per heavy atom. The van der Waals surface area contributed by atoms with Crippen LogP contribution in [0.2, 0.25) is 0 Å². The van der Waals surface area contributed by atoms with E-state index < -0.39 is 17.2 Å². The van der Waals surface area contributed by atoms with Gasteiger partial charge in [-0.25, -0.2) is 14.6 Å². The van der Waals surface area contributed by atoms with Crippen LogP contribution in [0.4, 0.5) is 0 Å². The molecule has 0 rings (SSSR count). The van der Waals surface area contributed by atoms with E-state index in [2.05, 4.69) is 0 Å². The zero-order chi connectivity index (χ0) is 12.8. The van der Waals surface area contributed by atoms with Gasteiger partial charge in [0.25, 0.3) is 0 Å². The summed E-state index contributed by atoms with van der Waals surface area (Å²) in [5, 5.41) is 9.24. The smallest absolute Gasteiger partial charge is 0.339 e. The van der Waals surface area contributed by atoms with Crippen molar-refractivity contribution in [3.05, 3.63) is 0 Å². The Kier molecular flexibility index (Phi) is 9.14. The topological polar surface area (TPSA) is 55.8 Å². The quantitative estimate of drug-likeness (QED) is 0.578. The fraction of sp³-hybridized carbons (Fsp3) is 0.917. The second-order valence-corrected chi connectivity index (χ2v) is 5.04. The molecule has 1 atom stereocenters. The van der Waals surface area contributed by atoms with E-state index in [1.165, 1.54) is 0 Å². The van der Waals surface area contributed by atoms with Crippen LogP contribution in [0.25, 0.3) is 0 Å². The Balaban J connectivity index is 0. The maximum atomic E-state index is 11.3. The maximum Gasteiger partial charge on any atom is 0.339 e. The summed E-state index contributed by atoms with van der Waals surface area (Å²) in [7, 11) is 0. The molecule has 0 fully saturated rings. The summed E-state index contributed by atoms with van der Waals surface area (Å²) in [6.45, 7) is 9.31. The standard InChI is InChI=1S/C12H24O4.Co/c1-6-8-9-12(7-2,10(13)14)16-15-11(3,4)5;/h6-9H2,1-5H3,(H,13,14);. The van der Waals surface area contributed by atoms with Gasteiger partial charge in [-0.1, -0.05) is 26.7 Å². The molecule has 0 saturated carbocycles. The molecule has 0 amide bonds. The van der Waals surface area contributed by atoms with Crippen molar-refractivity contribution in [2.24, 2.45) is 0 Å². The minimum atomic E-state index is -1.21. The maximum absolute atomic E-state index is 11.3. The fourth-order valence-corrected chi connectivity index (χ4v) is 1.24. The summed E-state index contributed by atoms with van der Waals surface area (Å²) < 4.78 is 0. The Morgan fingerprint density at radius 1 is 1.18 bits per heavy atom. The first-order chi connectivity index (χ1) is 7.27. The molecule has 0 aromatic heterocycles. The van der Waals surface area contributed by atoms with Crippen molar-refractivity contribution in [3.8, 4) is 0 Å². The minimum Gasteiger partial charge on any atom is -0.479 e. The van der Waals surface area contributed by atoms with Crippen molar-refractivity contribution in [1.29, 1.82) is 0 Å². The summed E-state index contributed by atoms with van der Waals surface area (Å²) in [6.07, 6.45) is 2.63. The normalized spacial score (nSPS) is 14.9. The molecule has 1 unspecified atom stereocenters. The Bertz CT molecular complexity index is 225. The van der Waals surface area contributed by atoms with Gasteiger partial charge < -0.3 is 5.11 Å². The summed E-state index contributed by atoms with van der Waals surface area (Å²) in [6, 6.07) is 0. The van der Waals surface area contributed by atoms with Crippen LogP contribution in [0.15, 0.2) is 0 Å². The number of hydrogen-bond acceptors (Lipinski definition) is 3. The van der Waals surface area contributed by atoms with E-state index in [1.807, 2.05) is 27.7 Å². The number of aliphatic carboxylic acids is 1. The molecule has 0 saturated heterocycles. The van der Waals surface area contributed by atoms with Crippen LogP contribution >= 0.6 is 0 Å². The van der Waals surface area contributed by atoms with Gasteiger partial charge in [-0.2, -0.15) is 0 Å². The van der Waals surface area contributed by atoms with Crippen LogP contribution in [0.5, 0.6) is 0 Å². The molecule has 0 aromatic rings. The summed E-state index contributed by atoms with van der Waals surface area (Å²) in [5.41, 5.74) is -1.70. The first-order valence-corrected chi connectivity index (χ1v) is 5.87. The van der Waals surface area contributed by atoms with Gasteiger partial charge in [0.15, 0.2) is 5.60 Å². The first-order valence-electron chi connectivity index (χ1n) is 5.87. The largest absolute Gasteiger partial charge is 0.479 e. The number of unbranched alkanes of at least 4 members (excludes halogenated alkanes) is 1. The minimum absolute atomic E-state index is 0. The summed E-state index contributed by atoms with van der Waals surface area (Å²) >= 11 is 0. The van der Waals surface area contributed by atoms with Crippen molar-refractivity contribution in [3.63, 3.8) is 0 Å². The molecule has 17 heavy (non-hydrogen) atoms. The molecule has 0 bridgehead atoms. The van der Waals surface area contributed by atoms with Gasteiger partial charge in [-0.3, -0.25) is 0 Å². The number of carboxylic acid groups (broad SMARTS) is 1. The van der Waals surface area contributed by atoms with Gasteiger partial charge in [-0.15, -0.1) is 0 Å². The molecule has 105 valence electrons. The van der Waals surface area contributed by atoms with Crippen LogP contribution in [0.3, 0.4) is 0 Å². The Morgan fingerprint density at radius 3 is 2.00 bits per heavy atom. The average molecular weight is 291 g/mol. The fourth-order valence-electron chi connectivity index (χ4n) is 1.24. The summed E-state index contributed by atoms with van der Waals surface area (Å²) in [4.78, 5) is 21.6. The third-order valence-corrected chi connectivity index (χ3v) is 2.35. The molecular weight excluding hydrogens is 267 g/mol. The van der Waals surface area contributed by atoms with Crippen molar-refractivity contribution in [1.82, 2.24) is 0 Å². The zero-order valence-electron chi connectivity index (χ0n) is 11.3. The molecule has 0 spiro atoms. The Labute approximate surface area is 114 Å². The van der Waals surface area contributed by atoms with Crippen molar-refractivity contribution in [2.75, 3.05) is 0 Å². The van der Waals surface area contributed by atoms with Crippen molar-refractivity contribution < 1.29 is 36.5 Å². The van der Waals surface area contributed by atoms with Gasteiger partial charge in [0, 0.05) is 16.8 Å². The Hall–Kier alpha value is -0.104. The predicted molar refractivity (Wildman–Crippen MR) is 62.1 cm³/mol. The monoisotopic (exact) mass is 291 g/mol. The van der Waals surface area contributed by atoms with E-state index in [9.17, 15) is 9.90 Å². The molecule has 0 aliphatic heterocycles. The summed E-state index contributed by atoms with van der Waals surface area (Å²) in [5.74, 6) is -0.951. The van der Waals surface area contributed by atoms with Gasteiger partial charge in [0.1, 0.15) is 0 Å². The van der Waals surface area contributed by atoms with E-state index in [4.69, 9.17) is 9.78 Å². The van der Waals surface area contributed by atoms with Crippen LogP contribution in [0.1, 0.15) is 60.3 Å². The average Bonchev–Trinajstić information content (AvgIpc) is 2.17. The second-order valence-electron chi connectivity index (χ2n) is 5.04. The van der Waals surface area contributed by atoms with E-state index in [0.29, 0.717) is 12.8 Å². The molecular formula is C12H24CoO4. The number of carboxylic acids is 1. The van der Waals surface area contributed by atoms with E-state index >= 15 is 0 Å². The van der Waals surface area contributed by atoms with Gasteiger partial charge in [0.2, 0.25) is 0 Å². The molecule has 0 aromatic carbocycles. The van der Waals surface area contributed by atoms with Gasteiger partial charge in [-0.05, 0) is 33.6 Å². The number of carbonyl (C=O) groups is 1. The zero-order valence-corrected chi connectivity index (χ0v) is 12.4. The molecule has 0 heterocycles. The first kappa shape index (κ1) is 19.2. The SMILES string of the molecule is CCCCC(CC)(OOC(C)(C)C)C(=O)O.[Co]. The molecule has 4 nitrogen and oxygen atoms in total. The molecule has 1 radical (unpaired) electrons. The van der Waals surface area contributed by atoms with Crippen LogP contribution in [-0.4, -0.2) is 22.3 Å². The number of rotatable bonds is 7. The second kappa shape index (κ2) is 8.08. The van der Waals surface area contributed by atoms with Crippen molar-refractivity contribution >= 4 is 5.97 Å². The third kappa shape index (κ3) is 7.03. The molecule has 5 heteroatoms. The predicted octanol–water partition coefficient (Wildman–Crippen LogP) is 3.15. The van der Waals surface area contributed by atoms with Crippen LogP contribution in [-0.2, 0) is 31.3 Å². The number of hydrogen-bond donors (Lipinski definition) is 1. The van der Waals surface area contributed by atoms with E-state index in [0.717, 1.165) is 12.8 Å². The third-order valence-electron chi connectivity index (χ3n) is 2.35. The van der Waals surface area contributed by atoms with Gasteiger partial charge >= 0.3 is 5.97 Å². The van der Waals surface area contributed by atoms with E-state index in [1.54, 1.807) is 6.92 Å². The molecule has 1 N–H and O–H groups in total. The molecule has 0 aliphatic carbocycles. The van der Waals surface area contributed by atoms with Crippen LogP contribution < -0.4 is 0 Å². The van der Waals surface area contributed by atoms with Crippen LogP contribution in [0, 0.1) is 0 Å². The van der Waals surface area contributed by atoms with Crippen molar-refractivity contribution in [2.45, 2.75) is 71.5 Å².